The zero-order chi connectivity index (χ0) is 15.8. The average Bonchev–Trinajstić information content (AvgIpc) is 2.53. The van der Waals surface area contributed by atoms with E-state index in [0.717, 1.165) is 27.2 Å². The molecule has 0 fully saturated rings. The number of nitrogens with one attached hydrogen (secondary N) is 1. The maximum Gasteiger partial charge on any atom is 0.124 e. The van der Waals surface area contributed by atoms with Crippen molar-refractivity contribution < 1.29 is 9.47 Å². The zero-order valence-electron chi connectivity index (χ0n) is 12.6. The van der Waals surface area contributed by atoms with Crippen molar-refractivity contribution in [1.29, 1.82) is 0 Å². The molecule has 2 aromatic carbocycles. The number of halogens is 1. The van der Waals surface area contributed by atoms with Crippen LogP contribution >= 0.6 is 15.9 Å². The van der Waals surface area contributed by atoms with Gasteiger partial charge in [0.05, 0.1) is 6.61 Å². The molecule has 0 aliphatic heterocycles. The van der Waals surface area contributed by atoms with Crippen LogP contribution in [0, 0.1) is 0 Å². The quantitative estimate of drug-likeness (QED) is 0.669. The fourth-order valence-electron chi connectivity index (χ4n) is 2.01. The first kappa shape index (κ1) is 16.4. The third kappa shape index (κ3) is 4.81. The van der Waals surface area contributed by atoms with Gasteiger partial charge in [-0.25, -0.2) is 0 Å². The summed E-state index contributed by atoms with van der Waals surface area (Å²) in [5.41, 5.74) is 2.13. The minimum Gasteiger partial charge on any atom is -0.494 e. The molecular formula is C18H20BrNO2. The molecule has 0 bridgehead atoms. The largest absolute Gasteiger partial charge is 0.494 e. The summed E-state index contributed by atoms with van der Waals surface area (Å²) in [6, 6.07) is 13.9. The fraction of sp³-hybridized carbons (Fsp3) is 0.222. The Balaban J connectivity index is 2.03. The fourth-order valence-corrected chi connectivity index (χ4v) is 2.42. The molecule has 1 N–H and O–H groups in total. The molecule has 4 heteroatoms. The van der Waals surface area contributed by atoms with Crippen LogP contribution < -0.4 is 14.8 Å². The van der Waals surface area contributed by atoms with E-state index in [1.165, 1.54) is 0 Å². The average molecular weight is 362 g/mol. The van der Waals surface area contributed by atoms with Crippen LogP contribution in [0.25, 0.3) is 0 Å². The van der Waals surface area contributed by atoms with Crippen molar-refractivity contribution in [1.82, 2.24) is 0 Å². The van der Waals surface area contributed by atoms with Gasteiger partial charge in [0, 0.05) is 22.3 Å². The van der Waals surface area contributed by atoms with Crippen LogP contribution in [0.4, 0.5) is 5.69 Å². The van der Waals surface area contributed by atoms with Gasteiger partial charge in [-0.1, -0.05) is 28.6 Å². The number of anilines is 1. The summed E-state index contributed by atoms with van der Waals surface area (Å²) in [5, 5.41) is 3.39. The van der Waals surface area contributed by atoms with Gasteiger partial charge in [-0.3, -0.25) is 0 Å². The van der Waals surface area contributed by atoms with Gasteiger partial charge < -0.3 is 14.8 Å². The summed E-state index contributed by atoms with van der Waals surface area (Å²) in [5.74, 6) is 1.74. The van der Waals surface area contributed by atoms with Crippen LogP contribution in [0.15, 0.2) is 59.6 Å². The van der Waals surface area contributed by atoms with E-state index in [-0.39, 0.29) is 0 Å². The second-order valence-corrected chi connectivity index (χ2v) is 5.58. The van der Waals surface area contributed by atoms with Gasteiger partial charge in [0.2, 0.25) is 0 Å². The topological polar surface area (TPSA) is 30.5 Å². The molecule has 0 spiro atoms. The smallest absolute Gasteiger partial charge is 0.124 e. The van der Waals surface area contributed by atoms with Gasteiger partial charge in [0.15, 0.2) is 0 Å². The first-order valence-corrected chi connectivity index (χ1v) is 8.01. The molecule has 3 nitrogen and oxygen atoms in total. The third-order valence-electron chi connectivity index (χ3n) is 3.03. The number of hydrogen-bond donors (Lipinski definition) is 1. The SMILES string of the molecule is C=CCOc1ccc(Br)cc1CNc1ccc(OCC)cc1. The van der Waals surface area contributed by atoms with Crippen molar-refractivity contribution in [2.24, 2.45) is 0 Å². The van der Waals surface area contributed by atoms with Gasteiger partial charge >= 0.3 is 0 Å². The molecule has 116 valence electrons. The Morgan fingerprint density at radius 3 is 2.59 bits per heavy atom. The Morgan fingerprint density at radius 1 is 1.14 bits per heavy atom. The summed E-state index contributed by atoms with van der Waals surface area (Å²) in [6.07, 6.45) is 1.74. The predicted molar refractivity (Wildman–Crippen MR) is 94.8 cm³/mol. The van der Waals surface area contributed by atoms with Crippen LogP contribution in [0.5, 0.6) is 11.5 Å². The summed E-state index contributed by atoms with van der Waals surface area (Å²) < 4.78 is 12.2. The van der Waals surface area contributed by atoms with Crippen molar-refractivity contribution in [2.45, 2.75) is 13.5 Å². The Morgan fingerprint density at radius 2 is 1.91 bits per heavy atom. The van der Waals surface area contributed by atoms with Gasteiger partial charge in [0.25, 0.3) is 0 Å². The van der Waals surface area contributed by atoms with E-state index < -0.39 is 0 Å². The molecule has 0 amide bonds. The summed E-state index contributed by atoms with van der Waals surface area (Å²) in [7, 11) is 0. The summed E-state index contributed by atoms with van der Waals surface area (Å²) >= 11 is 3.50. The number of benzene rings is 2. The van der Waals surface area contributed by atoms with E-state index in [0.29, 0.717) is 19.8 Å². The molecule has 0 aromatic heterocycles. The van der Waals surface area contributed by atoms with E-state index in [2.05, 4.69) is 33.9 Å². The first-order chi connectivity index (χ1) is 10.7. The number of hydrogen-bond acceptors (Lipinski definition) is 3. The van der Waals surface area contributed by atoms with Gasteiger partial charge in [0.1, 0.15) is 18.1 Å². The molecule has 0 saturated carbocycles. The Bertz CT molecular complexity index is 611. The van der Waals surface area contributed by atoms with Crippen molar-refractivity contribution >= 4 is 21.6 Å². The van der Waals surface area contributed by atoms with Crippen LogP contribution in [0.1, 0.15) is 12.5 Å². The van der Waals surface area contributed by atoms with E-state index in [4.69, 9.17) is 9.47 Å². The molecule has 0 aliphatic rings. The van der Waals surface area contributed by atoms with E-state index in [9.17, 15) is 0 Å². The lowest BCUT2D eigenvalue weighted by atomic mass is 10.2. The highest BCUT2D eigenvalue weighted by molar-refractivity contribution is 9.10. The minimum absolute atomic E-state index is 0.498. The highest BCUT2D eigenvalue weighted by Crippen LogP contribution is 2.25. The monoisotopic (exact) mass is 361 g/mol. The van der Waals surface area contributed by atoms with Crippen molar-refractivity contribution in [3.05, 3.63) is 65.2 Å². The molecule has 0 aliphatic carbocycles. The third-order valence-corrected chi connectivity index (χ3v) is 3.52. The van der Waals surface area contributed by atoms with E-state index in [1.807, 2.05) is 43.3 Å². The number of ether oxygens (including phenoxy) is 2. The second-order valence-electron chi connectivity index (χ2n) is 4.66. The maximum absolute atomic E-state index is 5.68. The molecular weight excluding hydrogens is 342 g/mol. The van der Waals surface area contributed by atoms with Crippen LogP contribution in [0.2, 0.25) is 0 Å². The van der Waals surface area contributed by atoms with Gasteiger partial charge in [-0.2, -0.15) is 0 Å². The summed E-state index contributed by atoms with van der Waals surface area (Å²) in [6.45, 7) is 7.51. The van der Waals surface area contributed by atoms with E-state index in [1.54, 1.807) is 6.08 Å². The first-order valence-electron chi connectivity index (χ1n) is 7.21. The van der Waals surface area contributed by atoms with Crippen LogP contribution in [0.3, 0.4) is 0 Å². The second kappa shape index (κ2) is 8.49. The summed E-state index contributed by atoms with van der Waals surface area (Å²) in [4.78, 5) is 0. The molecule has 0 heterocycles. The molecule has 2 rings (SSSR count). The standard InChI is InChI=1S/C18H20BrNO2/c1-3-11-22-18-10-5-15(19)12-14(18)13-20-16-6-8-17(9-7-16)21-4-2/h3,5-10,12,20H,1,4,11,13H2,2H3. The normalized spacial score (nSPS) is 10.1. The minimum atomic E-state index is 0.498. The molecule has 22 heavy (non-hydrogen) atoms. The van der Waals surface area contributed by atoms with E-state index >= 15 is 0 Å². The van der Waals surface area contributed by atoms with Crippen molar-refractivity contribution in [3.8, 4) is 11.5 Å². The molecule has 2 aromatic rings. The zero-order valence-corrected chi connectivity index (χ0v) is 14.2. The Hall–Kier alpha value is -1.94. The van der Waals surface area contributed by atoms with Crippen molar-refractivity contribution in [2.75, 3.05) is 18.5 Å². The Labute approximate surface area is 140 Å². The van der Waals surface area contributed by atoms with Crippen LogP contribution in [-0.4, -0.2) is 13.2 Å². The van der Waals surface area contributed by atoms with Crippen molar-refractivity contribution in [3.63, 3.8) is 0 Å². The molecule has 0 atom stereocenters. The van der Waals surface area contributed by atoms with Crippen LogP contribution in [-0.2, 0) is 6.54 Å². The molecule has 0 saturated heterocycles. The maximum atomic E-state index is 5.68. The van der Waals surface area contributed by atoms with Gasteiger partial charge in [-0.05, 0) is 49.4 Å². The predicted octanol–water partition coefficient (Wildman–Crippen LogP) is 5.02. The van der Waals surface area contributed by atoms with Gasteiger partial charge in [-0.15, -0.1) is 0 Å². The highest BCUT2D eigenvalue weighted by atomic mass is 79.9. The Kier molecular flexibility index (Phi) is 6.34. The lowest BCUT2D eigenvalue weighted by molar-refractivity contribution is 0.340. The lowest BCUT2D eigenvalue weighted by Crippen LogP contribution is -2.03. The lowest BCUT2D eigenvalue weighted by Gasteiger charge is -2.13. The number of rotatable bonds is 8. The highest BCUT2D eigenvalue weighted by Gasteiger charge is 2.05. The molecule has 0 unspecified atom stereocenters. The molecule has 0 radical (unpaired) electrons.